The first-order chi connectivity index (χ1) is 14.3. The molecular formula is C22H17BrN2O4S. The summed E-state index contributed by atoms with van der Waals surface area (Å²) in [6.07, 6.45) is 0. The van der Waals surface area contributed by atoms with Crippen molar-refractivity contribution in [2.24, 2.45) is 0 Å². The van der Waals surface area contributed by atoms with Crippen molar-refractivity contribution in [1.82, 2.24) is 0 Å². The molecule has 1 N–H and O–H groups in total. The van der Waals surface area contributed by atoms with E-state index in [0.717, 1.165) is 14.3 Å². The van der Waals surface area contributed by atoms with Gasteiger partial charge in [0.15, 0.2) is 5.78 Å². The number of Topliss-reactive ketones (excluding diaryl/α,β-unsaturated/α-hetero) is 1. The van der Waals surface area contributed by atoms with Crippen molar-refractivity contribution in [2.75, 3.05) is 16.2 Å². The van der Waals surface area contributed by atoms with Crippen molar-refractivity contribution in [3.05, 3.63) is 76.8 Å². The predicted molar refractivity (Wildman–Crippen MR) is 119 cm³/mol. The van der Waals surface area contributed by atoms with Crippen LogP contribution in [0, 0.1) is 0 Å². The van der Waals surface area contributed by atoms with E-state index in [1.54, 1.807) is 54.6 Å². The monoisotopic (exact) mass is 484 g/mol. The standard InChI is InChI=1S/C22H17BrN2O4S/c1-14(26)15-5-4-6-17(11-15)24-22(27)13-25-20-10-9-16(23)12-19(20)18-7-2-3-8-21(18)30(25,28)29/h2-12H,13H2,1H3,(H,24,27). The Bertz CT molecular complexity index is 1290. The summed E-state index contributed by atoms with van der Waals surface area (Å²) in [5.41, 5.74) is 2.64. The van der Waals surface area contributed by atoms with Gasteiger partial charge in [-0.25, -0.2) is 8.42 Å². The molecule has 0 atom stereocenters. The van der Waals surface area contributed by atoms with Gasteiger partial charge in [0.05, 0.1) is 10.6 Å². The average Bonchev–Trinajstić information content (AvgIpc) is 2.71. The van der Waals surface area contributed by atoms with Gasteiger partial charge in [0.25, 0.3) is 10.0 Å². The van der Waals surface area contributed by atoms with Crippen molar-refractivity contribution in [3.8, 4) is 11.1 Å². The molecule has 1 heterocycles. The molecule has 0 bridgehead atoms. The van der Waals surface area contributed by atoms with Crippen molar-refractivity contribution >= 4 is 49.0 Å². The third kappa shape index (κ3) is 3.64. The van der Waals surface area contributed by atoms with Crippen LogP contribution in [0.2, 0.25) is 0 Å². The number of halogens is 1. The van der Waals surface area contributed by atoms with E-state index in [2.05, 4.69) is 21.2 Å². The van der Waals surface area contributed by atoms with Gasteiger partial charge in [-0.1, -0.05) is 46.3 Å². The molecule has 1 amide bonds. The summed E-state index contributed by atoms with van der Waals surface area (Å²) in [6, 6.07) is 18.5. The van der Waals surface area contributed by atoms with Crippen LogP contribution < -0.4 is 9.62 Å². The van der Waals surface area contributed by atoms with Crippen LogP contribution in [0.25, 0.3) is 11.1 Å². The van der Waals surface area contributed by atoms with Crippen molar-refractivity contribution in [2.45, 2.75) is 11.8 Å². The van der Waals surface area contributed by atoms with Gasteiger partial charge in [-0.05, 0) is 43.3 Å². The molecule has 3 aromatic carbocycles. The molecule has 0 radical (unpaired) electrons. The quantitative estimate of drug-likeness (QED) is 0.553. The Kier molecular flexibility index (Phi) is 5.21. The summed E-state index contributed by atoms with van der Waals surface area (Å²) >= 11 is 3.43. The fraction of sp³-hybridized carbons (Fsp3) is 0.0909. The van der Waals surface area contributed by atoms with Crippen molar-refractivity contribution < 1.29 is 18.0 Å². The zero-order chi connectivity index (χ0) is 21.5. The van der Waals surface area contributed by atoms with E-state index in [1.807, 2.05) is 6.07 Å². The van der Waals surface area contributed by atoms with Crippen LogP contribution in [0.15, 0.2) is 76.1 Å². The molecule has 0 saturated carbocycles. The molecule has 0 fully saturated rings. The number of rotatable bonds is 4. The Morgan fingerprint density at radius 3 is 2.50 bits per heavy atom. The van der Waals surface area contributed by atoms with E-state index in [1.165, 1.54) is 13.0 Å². The topological polar surface area (TPSA) is 83.6 Å². The van der Waals surface area contributed by atoms with Crippen molar-refractivity contribution in [1.29, 1.82) is 0 Å². The molecule has 0 spiro atoms. The first-order valence-corrected chi connectivity index (χ1v) is 11.3. The molecule has 4 rings (SSSR count). The summed E-state index contributed by atoms with van der Waals surface area (Å²) in [5.74, 6) is -0.631. The van der Waals surface area contributed by atoms with Crippen LogP contribution in [-0.2, 0) is 14.8 Å². The summed E-state index contributed by atoms with van der Waals surface area (Å²) in [5, 5.41) is 2.68. The van der Waals surface area contributed by atoms with E-state index in [4.69, 9.17) is 0 Å². The number of ketones is 1. The molecule has 0 unspecified atom stereocenters. The van der Waals surface area contributed by atoms with E-state index in [0.29, 0.717) is 22.5 Å². The minimum Gasteiger partial charge on any atom is -0.324 e. The maximum Gasteiger partial charge on any atom is 0.265 e. The van der Waals surface area contributed by atoms with Crippen LogP contribution >= 0.6 is 15.9 Å². The van der Waals surface area contributed by atoms with Crippen LogP contribution in [0.3, 0.4) is 0 Å². The lowest BCUT2D eigenvalue weighted by atomic mass is 10.0. The Labute approximate surface area is 182 Å². The Morgan fingerprint density at radius 2 is 1.73 bits per heavy atom. The van der Waals surface area contributed by atoms with Gasteiger partial charge < -0.3 is 5.32 Å². The number of benzene rings is 3. The summed E-state index contributed by atoms with van der Waals surface area (Å²) in [4.78, 5) is 24.4. The highest BCUT2D eigenvalue weighted by atomic mass is 79.9. The lowest BCUT2D eigenvalue weighted by Crippen LogP contribution is -2.40. The fourth-order valence-corrected chi connectivity index (χ4v) is 5.43. The second kappa shape index (κ2) is 7.70. The second-order valence-corrected chi connectivity index (χ2v) is 9.60. The molecule has 6 nitrogen and oxygen atoms in total. The van der Waals surface area contributed by atoms with Crippen LogP contribution in [0.4, 0.5) is 11.4 Å². The largest absolute Gasteiger partial charge is 0.324 e. The predicted octanol–water partition coefficient (Wildman–Crippen LogP) is 4.47. The number of hydrogen-bond donors (Lipinski definition) is 1. The highest BCUT2D eigenvalue weighted by molar-refractivity contribution is 9.10. The molecular weight excluding hydrogens is 468 g/mol. The summed E-state index contributed by atoms with van der Waals surface area (Å²) in [6.45, 7) is 1.04. The fourth-order valence-electron chi connectivity index (χ4n) is 3.42. The lowest BCUT2D eigenvalue weighted by molar-refractivity contribution is -0.114. The second-order valence-electron chi connectivity index (χ2n) is 6.85. The zero-order valence-corrected chi connectivity index (χ0v) is 18.3. The molecule has 3 aromatic rings. The first kappa shape index (κ1) is 20.3. The van der Waals surface area contributed by atoms with Crippen LogP contribution in [0.1, 0.15) is 17.3 Å². The number of nitrogens with one attached hydrogen (secondary N) is 1. The molecule has 30 heavy (non-hydrogen) atoms. The molecule has 0 aromatic heterocycles. The Hall–Kier alpha value is -2.97. The van der Waals surface area contributed by atoms with E-state index in [-0.39, 0.29) is 10.7 Å². The van der Waals surface area contributed by atoms with Gasteiger partial charge in [-0.2, -0.15) is 0 Å². The maximum atomic E-state index is 13.3. The first-order valence-electron chi connectivity index (χ1n) is 9.10. The number of hydrogen-bond acceptors (Lipinski definition) is 4. The molecule has 0 saturated heterocycles. The highest BCUT2D eigenvalue weighted by Crippen LogP contribution is 2.43. The molecule has 152 valence electrons. The smallest absolute Gasteiger partial charge is 0.265 e. The molecule has 1 aliphatic heterocycles. The number of carbonyl (C=O) groups is 2. The van der Waals surface area contributed by atoms with Crippen molar-refractivity contribution in [3.63, 3.8) is 0 Å². The normalized spacial score (nSPS) is 13.9. The number of anilines is 2. The van der Waals surface area contributed by atoms with Gasteiger partial charge in [-0.15, -0.1) is 0 Å². The summed E-state index contributed by atoms with van der Waals surface area (Å²) in [7, 11) is -3.91. The molecule has 8 heteroatoms. The van der Waals surface area contributed by atoms with Gasteiger partial charge >= 0.3 is 0 Å². The van der Waals surface area contributed by atoms with Gasteiger partial charge in [0.1, 0.15) is 6.54 Å². The molecule has 0 aliphatic carbocycles. The molecule has 1 aliphatic rings. The Morgan fingerprint density at radius 1 is 0.967 bits per heavy atom. The van der Waals surface area contributed by atoms with Crippen LogP contribution in [-0.4, -0.2) is 26.7 Å². The lowest BCUT2D eigenvalue weighted by Gasteiger charge is -2.31. The third-order valence-corrected chi connectivity index (χ3v) is 7.12. The Balaban J connectivity index is 1.70. The van der Waals surface area contributed by atoms with Gasteiger partial charge in [0, 0.05) is 26.9 Å². The number of fused-ring (bicyclic) bond motifs is 3. The van der Waals surface area contributed by atoms with E-state index >= 15 is 0 Å². The third-order valence-electron chi connectivity index (χ3n) is 4.81. The summed E-state index contributed by atoms with van der Waals surface area (Å²) < 4.78 is 28.5. The minimum atomic E-state index is -3.91. The number of carbonyl (C=O) groups excluding carboxylic acids is 2. The van der Waals surface area contributed by atoms with E-state index < -0.39 is 22.5 Å². The van der Waals surface area contributed by atoms with Gasteiger partial charge in [-0.3, -0.25) is 13.9 Å². The minimum absolute atomic E-state index is 0.124. The maximum absolute atomic E-state index is 13.3. The zero-order valence-electron chi connectivity index (χ0n) is 15.9. The number of sulfonamides is 1. The SMILES string of the molecule is CC(=O)c1cccc(NC(=O)CN2c3ccc(Br)cc3-c3ccccc3S2(=O)=O)c1. The van der Waals surface area contributed by atoms with Gasteiger partial charge in [0.2, 0.25) is 5.91 Å². The van der Waals surface area contributed by atoms with E-state index in [9.17, 15) is 18.0 Å². The number of amides is 1. The average molecular weight is 485 g/mol. The van der Waals surface area contributed by atoms with Crippen LogP contribution in [0.5, 0.6) is 0 Å². The highest BCUT2D eigenvalue weighted by Gasteiger charge is 2.35. The number of nitrogens with zero attached hydrogens (tertiary/aromatic N) is 1.